The smallest absolute Gasteiger partial charge is 0.223 e. The van der Waals surface area contributed by atoms with Crippen molar-refractivity contribution >= 4 is 0 Å². The first kappa shape index (κ1) is 18.3. The van der Waals surface area contributed by atoms with Crippen molar-refractivity contribution in [2.24, 2.45) is 5.92 Å². The molecule has 1 unspecified atom stereocenters. The fourth-order valence-electron chi connectivity index (χ4n) is 2.78. The maximum atomic E-state index is 12.1. The maximum Gasteiger partial charge on any atom is 0.223 e. The summed E-state index contributed by atoms with van der Waals surface area (Å²) in [5.41, 5.74) is 1.95. The van der Waals surface area contributed by atoms with Gasteiger partial charge < -0.3 is 9.30 Å². The van der Waals surface area contributed by atoms with Crippen LogP contribution in [0.3, 0.4) is 0 Å². The molecule has 2 rings (SSSR count). The Morgan fingerprint density at radius 2 is 1.88 bits per heavy atom. The number of aromatic nitrogens is 1. The molecule has 0 radical (unpaired) electrons. The van der Waals surface area contributed by atoms with E-state index >= 15 is 0 Å². The van der Waals surface area contributed by atoms with Gasteiger partial charge in [-0.3, -0.25) is 4.79 Å². The minimum Gasteiger partial charge on any atom is -0.483 e. The van der Waals surface area contributed by atoms with Gasteiger partial charge in [-0.05, 0) is 24.8 Å². The summed E-state index contributed by atoms with van der Waals surface area (Å²) in [6.45, 7) is 7.88. The lowest BCUT2D eigenvalue weighted by atomic mass is 10.0. The number of hydrogen-bond acceptors (Lipinski definition) is 2. The first-order valence-corrected chi connectivity index (χ1v) is 8.98. The molecule has 3 heteroatoms. The van der Waals surface area contributed by atoms with Crippen LogP contribution >= 0.6 is 0 Å². The fourth-order valence-corrected chi connectivity index (χ4v) is 2.78. The molecule has 3 nitrogen and oxygen atoms in total. The number of unbranched alkanes of at least 4 members (excludes halogenated alkanes) is 1. The van der Waals surface area contributed by atoms with Gasteiger partial charge in [0.05, 0.1) is 5.69 Å². The Labute approximate surface area is 145 Å². The first-order chi connectivity index (χ1) is 11.6. The average molecular weight is 327 g/mol. The van der Waals surface area contributed by atoms with Gasteiger partial charge >= 0.3 is 0 Å². The second kappa shape index (κ2) is 9.31. The topological polar surface area (TPSA) is 31.2 Å². The van der Waals surface area contributed by atoms with Crippen LogP contribution in [0.15, 0.2) is 47.4 Å². The number of rotatable bonds is 9. The Morgan fingerprint density at radius 3 is 2.58 bits per heavy atom. The molecule has 0 spiro atoms. The Kier molecular flexibility index (Phi) is 7.10. The lowest BCUT2D eigenvalue weighted by molar-refractivity contribution is 0.296. The molecule has 0 saturated heterocycles. The minimum atomic E-state index is -0.0423. The molecule has 2 aromatic rings. The van der Waals surface area contributed by atoms with Crippen molar-refractivity contribution < 1.29 is 4.74 Å². The van der Waals surface area contributed by atoms with Gasteiger partial charge in [0.1, 0.15) is 6.61 Å². The SMILES string of the molecule is CCC(C)CCCCn1ccc(=O)c(OCc2ccccc2)c1C. The lowest BCUT2D eigenvalue weighted by Crippen LogP contribution is -2.15. The molecule has 24 heavy (non-hydrogen) atoms. The monoisotopic (exact) mass is 327 g/mol. The lowest BCUT2D eigenvalue weighted by Gasteiger charge is -2.15. The highest BCUT2D eigenvalue weighted by molar-refractivity contribution is 5.28. The zero-order chi connectivity index (χ0) is 17.4. The van der Waals surface area contributed by atoms with Crippen molar-refractivity contribution in [2.75, 3.05) is 0 Å². The quantitative estimate of drug-likeness (QED) is 0.610. The van der Waals surface area contributed by atoms with Crippen molar-refractivity contribution in [1.29, 1.82) is 0 Å². The Morgan fingerprint density at radius 1 is 1.12 bits per heavy atom. The van der Waals surface area contributed by atoms with Gasteiger partial charge in [-0.1, -0.05) is 63.4 Å². The van der Waals surface area contributed by atoms with Gasteiger partial charge in [0.25, 0.3) is 0 Å². The molecule has 1 aromatic heterocycles. The summed E-state index contributed by atoms with van der Waals surface area (Å²) >= 11 is 0. The molecule has 0 saturated carbocycles. The van der Waals surface area contributed by atoms with Gasteiger partial charge in [0, 0.05) is 18.8 Å². The van der Waals surface area contributed by atoms with E-state index in [9.17, 15) is 4.79 Å². The van der Waals surface area contributed by atoms with E-state index in [1.807, 2.05) is 43.5 Å². The number of nitrogens with zero attached hydrogens (tertiary/aromatic N) is 1. The van der Waals surface area contributed by atoms with Gasteiger partial charge in [-0.25, -0.2) is 0 Å². The van der Waals surface area contributed by atoms with E-state index in [2.05, 4.69) is 18.4 Å². The summed E-state index contributed by atoms with van der Waals surface area (Å²) in [5.74, 6) is 1.27. The Balaban J connectivity index is 1.97. The van der Waals surface area contributed by atoms with Gasteiger partial charge in [-0.15, -0.1) is 0 Å². The molecular formula is C21H29NO2. The highest BCUT2D eigenvalue weighted by atomic mass is 16.5. The molecule has 0 aliphatic heterocycles. The highest BCUT2D eigenvalue weighted by Crippen LogP contribution is 2.16. The third kappa shape index (κ3) is 5.26. The summed E-state index contributed by atoms with van der Waals surface area (Å²) in [4.78, 5) is 12.1. The molecule has 0 amide bonds. The van der Waals surface area contributed by atoms with Crippen LogP contribution in [0.2, 0.25) is 0 Å². The largest absolute Gasteiger partial charge is 0.483 e. The van der Waals surface area contributed by atoms with Crippen LogP contribution in [-0.2, 0) is 13.2 Å². The van der Waals surface area contributed by atoms with Gasteiger partial charge in [0.2, 0.25) is 5.43 Å². The summed E-state index contributed by atoms with van der Waals surface area (Å²) in [6.07, 6.45) is 6.75. The van der Waals surface area contributed by atoms with Crippen LogP contribution in [0.1, 0.15) is 50.8 Å². The summed E-state index contributed by atoms with van der Waals surface area (Å²) in [7, 11) is 0. The molecular weight excluding hydrogens is 298 g/mol. The van der Waals surface area contributed by atoms with Crippen LogP contribution in [0.25, 0.3) is 0 Å². The molecule has 1 atom stereocenters. The summed E-state index contributed by atoms with van der Waals surface area (Å²) in [6, 6.07) is 11.6. The molecule has 0 N–H and O–H groups in total. The van der Waals surface area contributed by atoms with E-state index in [-0.39, 0.29) is 5.43 Å². The molecule has 0 aliphatic carbocycles. The number of ether oxygens (including phenoxy) is 1. The number of pyridine rings is 1. The predicted molar refractivity (Wildman–Crippen MR) is 99.5 cm³/mol. The highest BCUT2D eigenvalue weighted by Gasteiger charge is 2.09. The molecule has 1 aromatic carbocycles. The predicted octanol–water partition coefficient (Wildman–Crippen LogP) is 4.95. The standard InChI is InChI=1S/C21H29NO2/c1-4-17(2)10-8-9-14-22-15-13-20(23)21(18(22)3)24-16-19-11-6-5-7-12-19/h5-7,11-13,15,17H,4,8-10,14,16H2,1-3H3. The molecule has 0 fully saturated rings. The van der Waals surface area contributed by atoms with E-state index in [0.717, 1.165) is 30.1 Å². The number of benzene rings is 1. The van der Waals surface area contributed by atoms with E-state index in [4.69, 9.17) is 4.74 Å². The van der Waals surface area contributed by atoms with Crippen LogP contribution in [0, 0.1) is 12.8 Å². The van der Waals surface area contributed by atoms with Crippen LogP contribution < -0.4 is 10.2 Å². The first-order valence-electron chi connectivity index (χ1n) is 8.98. The summed E-state index contributed by atoms with van der Waals surface area (Å²) in [5, 5.41) is 0. The van der Waals surface area contributed by atoms with Crippen molar-refractivity contribution in [1.82, 2.24) is 4.57 Å². The second-order valence-corrected chi connectivity index (χ2v) is 6.57. The van der Waals surface area contributed by atoms with E-state index in [1.165, 1.54) is 19.3 Å². The molecule has 130 valence electrons. The van der Waals surface area contributed by atoms with Crippen molar-refractivity contribution in [3.05, 3.63) is 64.1 Å². The third-order valence-electron chi connectivity index (χ3n) is 4.66. The van der Waals surface area contributed by atoms with Crippen molar-refractivity contribution in [2.45, 2.75) is 59.6 Å². The van der Waals surface area contributed by atoms with E-state index < -0.39 is 0 Å². The second-order valence-electron chi connectivity index (χ2n) is 6.57. The molecule has 0 bridgehead atoms. The van der Waals surface area contributed by atoms with Gasteiger partial charge in [-0.2, -0.15) is 0 Å². The van der Waals surface area contributed by atoms with E-state index in [1.54, 1.807) is 6.07 Å². The molecule has 0 aliphatic rings. The minimum absolute atomic E-state index is 0.0423. The summed E-state index contributed by atoms with van der Waals surface area (Å²) < 4.78 is 7.96. The van der Waals surface area contributed by atoms with Gasteiger partial charge in [0.15, 0.2) is 5.75 Å². The van der Waals surface area contributed by atoms with Crippen LogP contribution in [-0.4, -0.2) is 4.57 Å². The van der Waals surface area contributed by atoms with Crippen LogP contribution in [0.4, 0.5) is 0 Å². The number of aryl methyl sites for hydroxylation is 1. The third-order valence-corrected chi connectivity index (χ3v) is 4.66. The fraction of sp³-hybridized carbons (Fsp3) is 0.476. The normalized spacial score (nSPS) is 12.1. The van der Waals surface area contributed by atoms with Crippen molar-refractivity contribution in [3.63, 3.8) is 0 Å². The molecule has 1 heterocycles. The zero-order valence-electron chi connectivity index (χ0n) is 15.1. The number of hydrogen-bond donors (Lipinski definition) is 0. The van der Waals surface area contributed by atoms with E-state index in [0.29, 0.717) is 12.4 Å². The average Bonchev–Trinajstić information content (AvgIpc) is 2.60. The Bertz CT molecular complexity index is 676. The zero-order valence-corrected chi connectivity index (χ0v) is 15.1. The van der Waals surface area contributed by atoms with Crippen molar-refractivity contribution in [3.8, 4) is 5.75 Å². The van der Waals surface area contributed by atoms with Crippen LogP contribution in [0.5, 0.6) is 5.75 Å². The maximum absolute atomic E-state index is 12.1. The Hall–Kier alpha value is -2.03.